The molecule has 2 heteroatoms. The Morgan fingerprint density at radius 3 is 2.17 bits per heavy atom. The zero-order chi connectivity index (χ0) is 16.9. The molecule has 0 bridgehead atoms. The third-order valence-corrected chi connectivity index (χ3v) is 5.76. The van der Waals surface area contributed by atoms with Gasteiger partial charge in [0.1, 0.15) is 5.60 Å². The second-order valence-corrected chi connectivity index (χ2v) is 7.57. The Bertz CT molecular complexity index is 500. The molecule has 1 aliphatic rings. The molecular formula is C21H32O2. The summed E-state index contributed by atoms with van der Waals surface area (Å²) >= 11 is 0. The van der Waals surface area contributed by atoms with Crippen LogP contribution in [0.4, 0.5) is 0 Å². The van der Waals surface area contributed by atoms with Crippen LogP contribution in [-0.2, 0) is 15.1 Å². The molecule has 0 spiro atoms. The summed E-state index contributed by atoms with van der Waals surface area (Å²) in [5.74, 6) is 0.372. The monoisotopic (exact) mass is 316 g/mol. The molecule has 2 rings (SSSR count). The molecule has 0 amide bonds. The van der Waals surface area contributed by atoms with E-state index in [-0.39, 0.29) is 5.97 Å². The zero-order valence-electron chi connectivity index (χ0n) is 15.2. The maximum atomic E-state index is 12.9. The molecule has 1 saturated carbocycles. The highest BCUT2D eigenvalue weighted by Crippen LogP contribution is 2.45. The maximum absolute atomic E-state index is 12.9. The van der Waals surface area contributed by atoms with Gasteiger partial charge in [-0.25, -0.2) is 0 Å². The van der Waals surface area contributed by atoms with Crippen LogP contribution in [0, 0.1) is 11.3 Å². The van der Waals surface area contributed by atoms with Crippen LogP contribution in [0.15, 0.2) is 30.3 Å². The number of benzene rings is 1. The maximum Gasteiger partial charge on any atom is 0.312 e. The van der Waals surface area contributed by atoms with E-state index in [1.54, 1.807) is 0 Å². The van der Waals surface area contributed by atoms with Gasteiger partial charge < -0.3 is 4.74 Å². The van der Waals surface area contributed by atoms with E-state index in [1.807, 2.05) is 19.9 Å². The van der Waals surface area contributed by atoms with E-state index in [9.17, 15) is 4.79 Å². The Labute approximate surface area is 141 Å². The van der Waals surface area contributed by atoms with Crippen molar-refractivity contribution in [3.8, 4) is 0 Å². The molecule has 0 aliphatic heterocycles. The number of ether oxygens (including phenoxy) is 1. The van der Waals surface area contributed by atoms with Crippen LogP contribution >= 0.6 is 0 Å². The summed E-state index contributed by atoms with van der Waals surface area (Å²) in [4.78, 5) is 12.9. The van der Waals surface area contributed by atoms with Crippen molar-refractivity contribution in [3.05, 3.63) is 35.9 Å². The molecule has 23 heavy (non-hydrogen) atoms. The number of carbonyl (C=O) groups excluding carboxylic acids is 1. The predicted molar refractivity (Wildman–Crippen MR) is 95.2 cm³/mol. The third-order valence-electron chi connectivity index (χ3n) is 5.76. The molecule has 128 valence electrons. The number of esters is 1. The fourth-order valence-corrected chi connectivity index (χ4v) is 3.68. The lowest BCUT2D eigenvalue weighted by Gasteiger charge is -2.43. The van der Waals surface area contributed by atoms with Crippen LogP contribution in [-0.4, -0.2) is 5.97 Å². The van der Waals surface area contributed by atoms with Gasteiger partial charge in [0.25, 0.3) is 0 Å². The van der Waals surface area contributed by atoms with E-state index in [1.165, 1.54) is 19.3 Å². The minimum absolute atomic E-state index is 0.0590. The van der Waals surface area contributed by atoms with Gasteiger partial charge in [-0.05, 0) is 45.1 Å². The fraction of sp³-hybridized carbons (Fsp3) is 0.667. The molecule has 1 unspecified atom stereocenters. The first-order chi connectivity index (χ1) is 11.0. The summed E-state index contributed by atoms with van der Waals surface area (Å²) in [5.41, 5.74) is 0.268. The highest BCUT2D eigenvalue weighted by molar-refractivity contribution is 5.76. The first-order valence-electron chi connectivity index (χ1n) is 9.25. The third kappa shape index (κ3) is 3.79. The van der Waals surface area contributed by atoms with Crippen LogP contribution in [0.2, 0.25) is 0 Å². The van der Waals surface area contributed by atoms with E-state index in [2.05, 4.69) is 38.1 Å². The van der Waals surface area contributed by atoms with Crippen LogP contribution in [0.25, 0.3) is 0 Å². The normalized spacial score (nSPS) is 19.1. The molecule has 1 fully saturated rings. The topological polar surface area (TPSA) is 26.3 Å². The van der Waals surface area contributed by atoms with Gasteiger partial charge in [0, 0.05) is 5.92 Å². The first-order valence-corrected chi connectivity index (χ1v) is 9.25. The second-order valence-electron chi connectivity index (χ2n) is 7.57. The van der Waals surface area contributed by atoms with Gasteiger partial charge in [0.15, 0.2) is 0 Å². The van der Waals surface area contributed by atoms with E-state index in [4.69, 9.17) is 4.74 Å². The molecule has 1 atom stereocenters. The van der Waals surface area contributed by atoms with Crippen LogP contribution in [0.1, 0.15) is 78.2 Å². The lowest BCUT2D eigenvalue weighted by atomic mass is 9.71. The summed E-state index contributed by atoms with van der Waals surface area (Å²) in [7, 11) is 0. The van der Waals surface area contributed by atoms with E-state index in [0.717, 1.165) is 31.2 Å². The van der Waals surface area contributed by atoms with Crippen molar-refractivity contribution in [2.45, 2.75) is 78.2 Å². The highest BCUT2D eigenvalue weighted by Gasteiger charge is 2.45. The van der Waals surface area contributed by atoms with Crippen molar-refractivity contribution < 1.29 is 9.53 Å². The second kappa shape index (κ2) is 7.51. The smallest absolute Gasteiger partial charge is 0.312 e. The molecule has 2 nitrogen and oxygen atoms in total. The van der Waals surface area contributed by atoms with Crippen molar-refractivity contribution in [2.75, 3.05) is 0 Å². The summed E-state index contributed by atoms with van der Waals surface area (Å²) < 4.78 is 6.33. The Balaban J connectivity index is 2.39. The Morgan fingerprint density at radius 1 is 1.04 bits per heavy atom. The first kappa shape index (κ1) is 18.0. The van der Waals surface area contributed by atoms with Crippen LogP contribution < -0.4 is 0 Å². The van der Waals surface area contributed by atoms with Crippen LogP contribution in [0.3, 0.4) is 0 Å². The number of carbonyl (C=O) groups is 1. The molecular weight excluding hydrogens is 284 g/mol. The van der Waals surface area contributed by atoms with Gasteiger partial charge in [-0.3, -0.25) is 4.79 Å². The minimum atomic E-state index is -0.467. The average Bonchev–Trinajstić information content (AvgIpc) is 2.61. The van der Waals surface area contributed by atoms with Crippen molar-refractivity contribution in [3.63, 3.8) is 0 Å². The standard InChI is InChI=1S/C21H32O2/c1-5-20(3,4)19(22)23-21(6-2,17-13-9-7-10-14-17)18-15-11-8-12-16-18/h7,9-10,13-14,18H,5-6,8,11-12,15-16H2,1-4H3. The molecule has 1 aromatic rings. The molecule has 0 aromatic heterocycles. The van der Waals surface area contributed by atoms with Gasteiger partial charge >= 0.3 is 5.97 Å². The number of rotatable bonds is 6. The van der Waals surface area contributed by atoms with Gasteiger partial charge in [0.2, 0.25) is 0 Å². The molecule has 0 saturated heterocycles. The quantitative estimate of drug-likeness (QED) is 0.615. The molecule has 0 radical (unpaired) electrons. The van der Waals surface area contributed by atoms with E-state index in [0.29, 0.717) is 5.92 Å². The zero-order valence-corrected chi connectivity index (χ0v) is 15.2. The SMILES string of the molecule is CCC(C)(C)C(=O)OC(CC)(c1ccccc1)C1CCCCC1. The van der Waals surface area contributed by atoms with E-state index >= 15 is 0 Å². The van der Waals surface area contributed by atoms with Crippen LogP contribution in [0.5, 0.6) is 0 Å². The number of hydrogen-bond acceptors (Lipinski definition) is 2. The van der Waals surface area contributed by atoms with Crippen molar-refractivity contribution in [1.29, 1.82) is 0 Å². The molecule has 0 heterocycles. The Hall–Kier alpha value is -1.31. The van der Waals surface area contributed by atoms with Crippen molar-refractivity contribution in [1.82, 2.24) is 0 Å². The summed E-state index contributed by atoms with van der Waals surface area (Å²) in [6, 6.07) is 10.4. The summed E-state index contributed by atoms with van der Waals surface area (Å²) in [6.45, 7) is 8.19. The molecule has 0 N–H and O–H groups in total. The van der Waals surface area contributed by atoms with Gasteiger partial charge in [-0.2, -0.15) is 0 Å². The summed E-state index contributed by atoms with van der Waals surface area (Å²) in [5, 5.41) is 0. The average molecular weight is 316 g/mol. The Kier molecular flexibility index (Phi) is 5.89. The number of hydrogen-bond donors (Lipinski definition) is 0. The Morgan fingerprint density at radius 2 is 1.65 bits per heavy atom. The predicted octanol–water partition coefficient (Wildman–Crippen LogP) is 5.85. The minimum Gasteiger partial charge on any atom is -0.453 e. The highest BCUT2D eigenvalue weighted by atomic mass is 16.6. The summed E-state index contributed by atoms with van der Waals surface area (Å²) in [6.07, 6.45) is 7.74. The van der Waals surface area contributed by atoms with Gasteiger partial charge in [-0.15, -0.1) is 0 Å². The lowest BCUT2D eigenvalue weighted by molar-refractivity contribution is -0.182. The van der Waals surface area contributed by atoms with E-state index < -0.39 is 11.0 Å². The van der Waals surface area contributed by atoms with Crippen molar-refractivity contribution in [2.24, 2.45) is 11.3 Å². The largest absolute Gasteiger partial charge is 0.453 e. The molecule has 1 aliphatic carbocycles. The lowest BCUT2D eigenvalue weighted by Crippen LogP contribution is -2.43. The van der Waals surface area contributed by atoms with Gasteiger partial charge in [0.05, 0.1) is 5.41 Å². The van der Waals surface area contributed by atoms with Crippen molar-refractivity contribution >= 4 is 5.97 Å². The van der Waals surface area contributed by atoms with Gasteiger partial charge in [-0.1, -0.05) is 63.4 Å². The fourth-order valence-electron chi connectivity index (χ4n) is 3.68. The molecule has 1 aromatic carbocycles.